The first-order chi connectivity index (χ1) is 6.81. The number of rotatable bonds is 1. The van der Waals surface area contributed by atoms with Crippen molar-refractivity contribution in [2.45, 2.75) is 0 Å². The zero-order valence-corrected chi connectivity index (χ0v) is 7.78. The molecule has 1 aliphatic rings. The lowest BCUT2D eigenvalue weighted by Gasteiger charge is -2.15. The summed E-state index contributed by atoms with van der Waals surface area (Å²) in [5, 5.41) is 3.05. The second-order valence-electron chi connectivity index (χ2n) is 2.96. The van der Waals surface area contributed by atoms with Gasteiger partial charge in [0, 0.05) is 18.3 Å². The fraction of sp³-hybridized carbons (Fsp3) is 0.200. The van der Waals surface area contributed by atoms with E-state index in [1.165, 1.54) is 7.11 Å². The molecule has 1 aliphatic heterocycles. The highest BCUT2D eigenvalue weighted by Crippen LogP contribution is 2.20. The fourth-order valence-electron chi connectivity index (χ4n) is 1.36. The highest BCUT2D eigenvalue weighted by molar-refractivity contribution is 5.96. The topological polar surface area (TPSA) is 51.2 Å². The van der Waals surface area contributed by atoms with E-state index in [2.05, 4.69) is 15.0 Å². The van der Waals surface area contributed by atoms with Crippen LogP contribution < -0.4 is 5.32 Å². The zero-order chi connectivity index (χ0) is 9.97. The number of carbonyl (C=O) groups is 1. The quantitative estimate of drug-likeness (QED) is 0.673. The van der Waals surface area contributed by atoms with Gasteiger partial charge in [-0.3, -0.25) is 0 Å². The number of pyridine rings is 1. The van der Waals surface area contributed by atoms with Gasteiger partial charge in [-0.05, 0) is 18.2 Å². The summed E-state index contributed by atoms with van der Waals surface area (Å²) in [5.74, 6) is 0.507. The molecule has 2 heterocycles. The summed E-state index contributed by atoms with van der Waals surface area (Å²) < 4.78 is 4.64. The van der Waals surface area contributed by atoms with Crippen LogP contribution in [0.2, 0.25) is 0 Å². The number of nitrogens with zero attached hydrogens (tertiary/aromatic N) is 1. The molecule has 0 amide bonds. The van der Waals surface area contributed by atoms with Crippen molar-refractivity contribution >= 4 is 17.9 Å². The van der Waals surface area contributed by atoms with Crippen LogP contribution >= 0.6 is 0 Å². The van der Waals surface area contributed by atoms with Gasteiger partial charge in [-0.25, -0.2) is 9.78 Å². The molecule has 14 heavy (non-hydrogen) atoms. The van der Waals surface area contributed by atoms with Crippen molar-refractivity contribution in [2.75, 3.05) is 19.0 Å². The smallest absolute Gasteiger partial charge is 0.335 e. The maximum absolute atomic E-state index is 11.2. The first-order valence-electron chi connectivity index (χ1n) is 4.29. The molecular weight excluding hydrogens is 180 g/mol. The van der Waals surface area contributed by atoms with Crippen molar-refractivity contribution in [3.8, 4) is 0 Å². The minimum atomic E-state index is -0.299. The Labute approximate surface area is 81.6 Å². The molecule has 0 saturated carbocycles. The Morgan fingerprint density at radius 2 is 2.50 bits per heavy atom. The van der Waals surface area contributed by atoms with Crippen molar-refractivity contribution in [1.29, 1.82) is 0 Å². The second kappa shape index (κ2) is 3.49. The average molecular weight is 190 g/mol. The van der Waals surface area contributed by atoms with E-state index < -0.39 is 0 Å². The number of esters is 1. The molecule has 0 atom stereocenters. The van der Waals surface area contributed by atoms with Crippen LogP contribution in [0.1, 0.15) is 5.56 Å². The van der Waals surface area contributed by atoms with Crippen molar-refractivity contribution in [2.24, 2.45) is 0 Å². The summed E-state index contributed by atoms with van der Waals surface area (Å²) in [6, 6.07) is 3.73. The number of methoxy groups -OCH3 is 1. The largest absolute Gasteiger partial charge is 0.466 e. The molecule has 0 fully saturated rings. The van der Waals surface area contributed by atoms with Crippen molar-refractivity contribution in [1.82, 2.24) is 4.98 Å². The molecule has 4 heteroatoms. The van der Waals surface area contributed by atoms with Crippen LogP contribution in [0.3, 0.4) is 0 Å². The lowest BCUT2D eigenvalue weighted by atomic mass is 10.1. The number of anilines is 1. The van der Waals surface area contributed by atoms with Gasteiger partial charge in [-0.2, -0.15) is 0 Å². The molecule has 0 bridgehead atoms. The van der Waals surface area contributed by atoms with Crippen LogP contribution in [-0.2, 0) is 9.53 Å². The highest BCUT2D eigenvalue weighted by atomic mass is 16.5. The molecule has 0 spiro atoms. The van der Waals surface area contributed by atoms with Gasteiger partial charge in [0.2, 0.25) is 0 Å². The molecule has 1 aromatic rings. The molecule has 0 radical (unpaired) electrons. The van der Waals surface area contributed by atoms with Crippen LogP contribution in [0.5, 0.6) is 0 Å². The number of nitrogens with one attached hydrogen (secondary N) is 1. The minimum Gasteiger partial charge on any atom is -0.466 e. The lowest BCUT2D eigenvalue weighted by Crippen LogP contribution is -2.18. The number of aromatic nitrogens is 1. The van der Waals surface area contributed by atoms with Crippen molar-refractivity contribution in [3.63, 3.8) is 0 Å². The Morgan fingerprint density at radius 3 is 3.29 bits per heavy atom. The van der Waals surface area contributed by atoms with Crippen LogP contribution in [0.4, 0.5) is 5.82 Å². The van der Waals surface area contributed by atoms with E-state index >= 15 is 0 Å². The summed E-state index contributed by atoms with van der Waals surface area (Å²) >= 11 is 0. The number of ether oxygens (including phenoxy) is 1. The number of carbonyl (C=O) groups excluding carboxylic acids is 1. The summed E-state index contributed by atoms with van der Waals surface area (Å²) in [7, 11) is 1.38. The molecule has 1 aromatic heterocycles. The third-order valence-corrected chi connectivity index (χ3v) is 2.06. The van der Waals surface area contributed by atoms with Crippen molar-refractivity contribution in [3.05, 3.63) is 29.5 Å². The monoisotopic (exact) mass is 190 g/mol. The Bertz CT molecular complexity index is 399. The van der Waals surface area contributed by atoms with E-state index in [-0.39, 0.29) is 5.97 Å². The maximum Gasteiger partial charge on any atom is 0.335 e. The Morgan fingerprint density at radius 1 is 1.64 bits per heavy atom. The number of hydrogen-bond donors (Lipinski definition) is 1. The average Bonchev–Trinajstić information content (AvgIpc) is 2.27. The van der Waals surface area contributed by atoms with E-state index in [9.17, 15) is 4.79 Å². The summed E-state index contributed by atoms with van der Waals surface area (Å²) in [4.78, 5) is 15.4. The van der Waals surface area contributed by atoms with Crippen LogP contribution in [0.15, 0.2) is 23.9 Å². The Balaban J connectivity index is 2.36. The van der Waals surface area contributed by atoms with E-state index in [1.54, 1.807) is 12.3 Å². The van der Waals surface area contributed by atoms with Gasteiger partial charge in [0.25, 0.3) is 0 Å². The maximum atomic E-state index is 11.2. The van der Waals surface area contributed by atoms with Gasteiger partial charge in [-0.15, -0.1) is 0 Å². The summed E-state index contributed by atoms with van der Waals surface area (Å²) in [6.45, 7) is 0.469. The van der Waals surface area contributed by atoms with Crippen LogP contribution in [0.25, 0.3) is 6.08 Å². The normalized spacial score (nSPS) is 13.6. The second-order valence-corrected chi connectivity index (χ2v) is 2.96. The predicted molar refractivity (Wildman–Crippen MR) is 52.7 cm³/mol. The molecule has 0 unspecified atom stereocenters. The Kier molecular flexibility index (Phi) is 2.18. The summed E-state index contributed by atoms with van der Waals surface area (Å²) in [5.41, 5.74) is 1.53. The number of fused-ring (bicyclic) bond motifs is 1. The first-order valence-corrected chi connectivity index (χ1v) is 4.29. The van der Waals surface area contributed by atoms with Crippen LogP contribution in [-0.4, -0.2) is 24.6 Å². The molecule has 72 valence electrons. The Hall–Kier alpha value is -1.84. The molecule has 0 aliphatic carbocycles. The van der Waals surface area contributed by atoms with Gasteiger partial charge in [0.15, 0.2) is 0 Å². The number of hydrogen-bond acceptors (Lipinski definition) is 4. The fourth-order valence-corrected chi connectivity index (χ4v) is 1.36. The van der Waals surface area contributed by atoms with Crippen molar-refractivity contribution < 1.29 is 9.53 Å². The SMILES string of the molecule is COC(=O)C1=Cc2cccnc2NC1. The van der Waals surface area contributed by atoms with E-state index in [4.69, 9.17) is 0 Å². The summed E-state index contributed by atoms with van der Waals surface area (Å²) in [6.07, 6.45) is 3.51. The van der Waals surface area contributed by atoms with Gasteiger partial charge in [-0.1, -0.05) is 0 Å². The lowest BCUT2D eigenvalue weighted by molar-refractivity contribution is -0.135. The van der Waals surface area contributed by atoms with Gasteiger partial charge >= 0.3 is 5.97 Å². The van der Waals surface area contributed by atoms with Crippen LogP contribution in [0, 0.1) is 0 Å². The van der Waals surface area contributed by atoms with Gasteiger partial charge < -0.3 is 10.1 Å². The van der Waals surface area contributed by atoms with E-state index in [0.29, 0.717) is 12.1 Å². The third kappa shape index (κ3) is 1.46. The molecular formula is C10H10N2O2. The van der Waals surface area contributed by atoms with Gasteiger partial charge in [0.1, 0.15) is 5.82 Å². The van der Waals surface area contributed by atoms with Gasteiger partial charge in [0.05, 0.1) is 12.7 Å². The zero-order valence-electron chi connectivity index (χ0n) is 7.78. The third-order valence-electron chi connectivity index (χ3n) is 2.06. The molecule has 4 nitrogen and oxygen atoms in total. The molecule has 2 rings (SSSR count). The first kappa shape index (κ1) is 8.74. The standard InChI is InChI=1S/C10H10N2O2/c1-14-10(13)8-5-7-3-2-4-11-9(7)12-6-8/h2-5H,6H2,1H3,(H,11,12). The highest BCUT2D eigenvalue weighted by Gasteiger charge is 2.15. The van der Waals surface area contributed by atoms with E-state index in [1.807, 2.05) is 12.1 Å². The van der Waals surface area contributed by atoms with E-state index in [0.717, 1.165) is 11.4 Å². The minimum absolute atomic E-state index is 0.299. The predicted octanol–water partition coefficient (Wildman–Crippen LogP) is 1.06. The molecule has 0 aromatic carbocycles. The molecule has 1 N–H and O–H groups in total. The molecule has 0 saturated heterocycles.